The van der Waals surface area contributed by atoms with Gasteiger partial charge in [-0.05, 0) is 25.1 Å². The van der Waals surface area contributed by atoms with Gasteiger partial charge < -0.3 is 14.5 Å². The van der Waals surface area contributed by atoms with Crippen LogP contribution in [0.25, 0.3) is 10.2 Å². The number of benzene rings is 1. The summed E-state index contributed by atoms with van der Waals surface area (Å²) in [5, 5.41) is 4.11. The molecule has 11 heteroatoms. The van der Waals surface area contributed by atoms with Gasteiger partial charge in [0, 0.05) is 48.8 Å². The Labute approximate surface area is 204 Å². The molecule has 0 unspecified atom stereocenters. The van der Waals surface area contributed by atoms with Crippen LogP contribution in [0, 0.1) is 0 Å². The van der Waals surface area contributed by atoms with Crippen molar-refractivity contribution in [2.45, 2.75) is 19.4 Å². The smallest absolute Gasteiger partial charge is 0.218 e. The van der Waals surface area contributed by atoms with E-state index in [2.05, 4.69) is 34.1 Å². The highest BCUT2D eigenvalue weighted by Gasteiger charge is 2.29. The second kappa shape index (κ2) is 9.40. The molecule has 6 rings (SSSR count). The van der Waals surface area contributed by atoms with E-state index in [-0.39, 0.29) is 0 Å². The highest BCUT2D eigenvalue weighted by molar-refractivity contribution is 8.13. The van der Waals surface area contributed by atoms with Crippen molar-refractivity contribution < 1.29 is 9.57 Å². The summed E-state index contributed by atoms with van der Waals surface area (Å²) in [6.45, 7) is 6.64. The minimum atomic E-state index is 0.644. The van der Waals surface area contributed by atoms with Crippen LogP contribution < -0.4 is 15.6 Å². The standard InChI is InChI=1S/C22H26N6O2S3/c23-28-22(25-20-19(30-28)15-6-12-29-14-18(15)32-20)31-13-3-7-26-8-10-27(11-9-26)21-24-16-4-1-2-5-17(16)33-21/h1-2,4-5H,3,6-14,23H2. The van der Waals surface area contributed by atoms with E-state index in [1.807, 2.05) is 0 Å². The summed E-state index contributed by atoms with van der Waals surface area (Å²) < 4.78 is 6.82. The fourth-order valence-corrected chi connectivity index (χ4v) is 7.27. The average Bonchev–Trinajstić information content (AvgIpc) is 3.43. The highest BCUT2D eigenvalue weighted by atomic mass is 32.2. The molecule has 8 nitrogen and oxygen atoms in total. The maximum atomic E-state index is 6.12. The number of ether oxygens (including phenoxy) is 1. The van der Waals surface area contributed by atoms with E-state index in [1.54, 1.807) is 34.4 Å². The predicted molar refractivity (Wildman–Crippen MR) is 137 cm³/mol. The molecule has 1 saturated heterocycles. The molecule has 0 radical (unpaired) electrons. The van der Waals surface area contributed by atoms with Gasteiger partial charge in [-0.3, -0.25) is 4.90 Å². The van der Waals surface area contributed by atoms with Gasteiger partial charge in [-0.25, -0.2) is 15.8 Å². The van der Waals surface area contributed by atoms with Crippen LogP contribution in [-0.4, -0.2) is 65.3 Å². The summed E-state index contributed by atoms with van der Waals surface area (Å²) >= 11 is 5.11. The van der Waals surface area contributed by atoms with Crippen molar-refractivity contribution in [3.8, 4) is 5.75 Å². The summed E-state index contributed by atoms with van der Waals surface area (Å²) in [6, 6.07) is 8.38. The van der Waals surface area contributed by atoms with E-state index >= 15 is 0 Å². The third kappa shape index (κ3) is 4.45. The van der Waals surface area contributed by atoms with E-state index < -0.39 is 0 Å². The molecule has 0 bridgehead atoms. The van der Waals surface area contributed by atoms with Crippen molar-refractivity contribution in [2.75, 3.05) is 50.0 Å². The molecule has 174 valence electrons. The SMILES string of the molecule is NN1Oc2c(sc3c2CCOC3)N=C1SCCCN1CCN(c2nc3ccccc3s2)CC1. The van der Waals surface area contributed by atoms with Gasteiger partial charge in [-0.1, -0.05) is 35.2 Å². The zero-order chi connectivity index (χ0) is 22.2. The minimum Gasteiger partial charge on any atom is -0.376 e. The first kappa shape index (κ1) is 21.6. The lowest BCUT2D eigenvalue weighted by molar-refractivity contribution is 0.0172. The van der Waals surface area contributed by atoms with E-state index in [0.29, 0.717) is 6.61 Å². The van der Waals surface area contributed by atoms with Gasteiger partial charge in [0.15, 0.2) is 15.9 Å². The summed E-state index contributed by atoms with van der Waals surface area (Å²) in [5.41, 5.74) is 2.30. The summed E-state index contributed by atoms with van der Waals surface area (Å²) in [7, 11) is 0. The number of amidine groups is 1. The molecule has 2 aromatic heterocycles. The highest BCUT2D eigenvalue weighted by Crippen LogP contribution is 2.47. The number of rotatable bonds is 5. The fraction of sp³-hybridized carbons (Fsp3) is 0.455. The molecule has 3 aliphatic rings. The van der Waals surface area contributed by atoms with Crippen molar-refractivity contribution in [1.29, 1.82) is 0 Å². The van der Waals surface area contributed by atoms with Gasteiger partial charge in [-0.15, -0.1) is 16.5 Å². The Kier molecular flexibility index (Phi) is 6.16. The zero-order valence-corrected chi connectivity index (χ0v) is 20.7. The zero-order valence-electron chi connectivity index (χ0n) is 18.2. The topological polar surface area (TPSA) is 79.5 Å². The van der Waals surface area contributed by atoms with Gasteiger partial charge in [0.05, 0.1) is 23.4 Å². The fourth-order valence-electron chi connectivity index (χ4n) is 4.34. The second-order valence-electron chi connectivity index (χ2n) is 8.25. The Bertz CT molecular complexity index is 1140. The van der Waals surface area contributed by atoms with Gasteiger partial charge >= 0.3 is 0 Å². The molecule has 33 heavy (non-hydrogen) atoms. The maximum absolute atomic E-state index is 6.12. The lowest BCUT2D eigenvalue weighted by Gasteiger charge is -2.34. The molecule has 3 aromatic rings. The van der Waals surface area contributed by atoms with Gasteiger partial charge in [0.25, 0.3) is 0 Å². The van der Waals surface area contributed by atoms with Crippen LogP contribution in [0.5, 0.6) is 5.75 Å². The third-order valence-electron chi connectivity index (χ3n) is 6.10. The third-order valence-corrected chi connectivity index (χ3v) is 9.31. The molecule has 0 spiro atoms. The van der Waals surface area contributed by atoms with Gasteiger partial charge in [-0.2, -0.15) is 0 Å². The molecular formula is C22H26N6O2S3. The summed E-state index contributed by atoms with van der Waals surface area (Å²) in [5.74, 6) is 7.89. The van der Waals surface area contributed by atoms with Crippen LogP contribution in [0.15, 0.2) is 29.3 Å². The van der Waals surface area contributed by atoms with Crippen molar-refractivity contribution in [2.24, 2.45) is 10.8 Å². The molecule has 2 N–H and O–H groups in total. The number of nitrogens with zero attached hydrogens (tertiary/aromatic N) is 5. The molecule has 0 saturated carbocycles. The van der Waals surface area contributed by atoms with Gasteiger partial charge in [0.1, 0.15) is 0 Å². The van der Waals surface area contributed by atoms with Crippen LogP contribution in [0.2, 0.25) is 0 Å². The number of fused-ring (bicyclic) bond motifs is 4. The number of anilines is 1. The Morgan fingerprint density at radius 3 is 2.88 bits per heavy atom. The normalized spacial score (nSPS) is 18.8. The lowest BCUT2D eigenvalue weighted by atomic mass is 10.1. The number of aliphatic imine (C=N–C) groups is 1. The van der Waals surface area contributed by atoms with Crippen molar-refractivity contribution in [3.63, 3.8) is 0 Å². The summed E-state index contributed by atoms with van der Waals surface area (Å²) in [6.07, 6.45) is 1.94. The first-order chi connectivity index (χ1) is 16.2. The molecule has 3 aliphatic heterocycles. The van der Waals surface area contributed by atoms with E-state index in [4.69, 9.17) is 25.4 Å². The summed E-state index contributed by atoms with van der Waals surface area (Å²) in [4.78, 5) is 21.6. The number of aromatic nitrogens is 1. The van der Waals surface area contributed by atoms with Crippen molar-refractivity contribution in [3.05, 3.63) is 34.7 Å². The molecule has 0 amide bonds. The number of hydrogen-bond donors (Lipinski definition) is 1. The van der Waals surface area contributed by atoms with Crippen molar-refractivity contribution in [1.82, 2.24) is 15.1 Å². The van der Waals surface area contributed by atoms with Crippen LogP contribution in [0.1, 0.15) is 16.9 Å². The van der Waals surface area contributed by atoms with Crippen molar-refractivity contribution >= 4 is 60.0 Å². The molecule has 1 fully saturated rings. The largest absolute Gasteiger partial charge is 0.376 e. The average molecular weight is 503 g/mol. The monoisotopic (exact) mass is 502 g/mol. The molecule has 0 atom stereocenters. The van der Waals surface area contributed by atoms with E-state index in [0.717, 1.165) is 84.5 Å². The molecular weight excluding hydrogens is 476 g/mol. The minimum absolute atomic E-state index is 0.644. The quantitative estimate of drug-likeness (QED) is 0.416. The predicted octanol–water partition coefficient (Wildman–Crippen LogP) is 3.85. The van der Waals surface area contributed by atoms with Gasteiger partial charge in [0.2, 0.25) is 5.17 Å². The van der Waals surface area contributed by atoms with Crippen LogP contribution >= 0.6 is 34.4 Å². The number of hydrazine groups is 1. The Morgan fingerprint density at radius 1 is 1.12 bits per heavy atom. The number of nitrogens with two attached hydrogens (primary N) is 1. The molecule has 1 aromatic carbocycles. The Balaban J connectivity index is 0.980. The lowest BCUT2D eigenvalue weighted by Crippen LogP contribution is -2.46. The van der Waals surface area contributed by atoms with E-state index in [1.165, 1.54) is 20.3 Å². The number of thiophene rings is 1. The molecule has 5 heterocycles. The Morgan fingerprint density at radius 2 is 2.00 bits per heavy atom. The number of para-hydroxylation sites is 1. The Hall–Kier alpha value is -1.89. The van der Waals surface area contributed by atoms with Crippen LogP contribution in [-0.2, 0) is 17.8 Å². The number of thioether (sulfide) groups is 1. The maximum Gasteiger partial charge on any atom is 0.218 e. The number of hydroxylamine groups is 1. The number of hydrogen-bond acceptors (Lipinski definition) is 11. The van der Waals surface area contributed by atoms with E-state index in [9.17, 15) is 0 Å². The second-order valence-corrected chi connectivity index (χ2v) is 11.4. The molecule has 0 aliphatic carbocycles. The first-order valence-electron chi connectivity index (χ1n) is 11.2. The first-order valence-corrected chi connectivity index (χ1v) is 13.9. The number of thiazole rings is 1. The van der Waals surface area contributed by atoms with Crippen LogP contribution in [0.3, 0.4) is 0 Å². The number of piperazine rings is 1. The van der Waals surface area contributed by atoms with Crippen LogP contribution in [0.4, 0.5) is 10.1 Å².